The Morgan fingerprint density at radius 2 is 1.47 bits per heavy atom. The van der Waals surface area contributed by atoms with Crippen LogP contribution in [0, 0.1) is 0 Å². The number of amidine groups is 1. The molecule has 0 saturated carbocycles. The smallest absolute Gasteiger partial charge is 0.381 e. The summed E-state index contributed by atoms with van der Waals surface area (Å²) in [6.45, 7) is 0. The highest BCUT2D eigenvalue weighted by Crippen LogP contribution is 2.40. The van der Waals surface area contributed by atoms with Crippen LogP contribution in [-0.4, -0.2) is 11.2 Å². The Morgan fingerprint density at radius 1 is 1.05 bits per heavy atom. The topological polar surface area (TPSA) is 38.4 Å². The van der Waals surface area contributed by atoms with Gasteiger partial charge in [-0.15, -0.1) is 0 Å². The molecule has 2 nitrogen and oxygen atoms in total. The highest BCUT2D eigenvalue weighted by atomic mass is 35.5. The van der Waals surface area contributed by atoms with E-state index in [1.807, 2.05) is 0 Å². The highest BCUT2D eigenvalue weighted by Gasteiger charge is 2.33. The van der Waals surface area contributed by atoms with Crippen LogP contribution in [0.3, 0.4) is 0 Å². The predicted octanol–water partition coefficient (Wildman–Crippen LogP) is 4.83. The van der Waals surface area contributed by atoms with E-state index in [0.717, 1.165) is 0 Å². The van der Waals surface area contributed by atoms with Gasteiger partial charge in [-0.25, -0.2) is 4.99 Å². The van der Waals surface area contributed by atoms with Crippen LogP contribution in [0.15, 0.2) is 17.1 Å². The molecule has 1 aromatic carbocycles. The Bertz CT molecular complexity index is 499. The molecule has 1 aromatic rings. The van der Waals surface area contributed by atoms with Crippen molar-refractivity contribution in [1.29, 1.82) is 0 Å². The van der Waals surface area contributed by atoms with Crippen molar-refractivity contribution in [2.45, 2.75) is 11.6 Å². The molecule has 0 heterocycles. The number of hydrogen-bond donors (Lipinski definition) is 1. The number of aliphatic imine (C=N–C) groups is 1. The van der Waals surface area contributed by atoms with Gasteiger partial charge in [0.15, 0.2) is 5.84 Å². The molecule has 1 rings (SSSR count). The molecule has 10 heteroatoms. The summed E-state index contributed by atoms with van der Waals surface area (Å²) >= 11 is 15.6. The molecule has 2 N–H and O–H groups in total. The van der Waals surface area contributed by atoms with Gasteiger partial charge >= 0.3 is 11.6 Å². The first-order valence-corrected chi connectivity index (χ1v) is 5.54. The lowest BCUT2D eigenvalue weighted by Gasteiger charge is -2.11. The maximum atomic E-state index is 12.6. The fraction of sp³-hybridized carbons (Fsp3) is 0.222. The number of nitrogens with two attached hydrogens (primary N) is 1. The summed E-state index contributed by atoms with van der Waals surface area (Å²) in [5, 5.41) is -5.12. The van der Waals surface area contributed by atoms with Crippen LogP contribution in [0.25, 0.3) is 0 Å². The van der Waals surface area contributed by atoms with Gasteiger partial charge < -0.3 is 5.73 Å². The van der Waals surface area contributed by atoms with Gasteiger partial charge in [-0.3, -0.25) is 0 Å². The third-order valence-electron chi connectivity index (χ3n) is 1.87. The van der Waals surface area contributed by atoms with E-state index in [9.17, 15) is 22.0 Å². The SMILES string of the molecule is NC(=Nc1c(Cl)cc(C(F)(F)F)cc1Cl)C(F)(F)Cl. The highest BCUT2D eigenvalue weighted by molar-refractivity contribution is 6.39. The van der Waals surface area contributed by atoms with E-state index in [1.54, 1.807) is 0 Å². The molecule has 0 amide bonds. The number of hydrogen-bond acceptors (Lipinski definition) is 1. The molecule has 0 bridgehead atoms. The number of alkyl halides is 6. The predicted molar refractivity (Wildman–Crippen MR) is 63.5 cm³/mol. The first-order chi connectivity index (χ1) is 8.43. The van der Waals surface area contributed by atoms with Crippen molar-refractivity contribution < 1.29 is 22.0 Å². The molecule has 0 aromatic heterocycles. The molecular formula is C9H4Cl3F5N2. The van der Waals surface area contributed by atoms with Crippen LogP contribution in [-0.2, 0) is 6.18 Å². The molecule has 0 spiro atoms. The Balaban J connectivity index is 3.34. The summed E-state index contributed by atoms with van der Waals surface area (Å²) in [6, 6.07) is 0.984. The fourth-order valence-corrected chi connectivity index (χ4v) is 1.63. The van der Waals surface area contributed by atoms with Crippen molar-refractivity contribution in [3.8, 4) is 0 Å². The Hall–Kier alpha value is -0.790. The maximum Gasteiger partial charge on any atom is 0.416 e. The van der Waals surface area contributed by atoms with Crippen LogP contribution in [0.5, 0.6) is 0 Å². The number of nitrogens with zero attached hydrogens (tertiary/aromatic N) is 1. The van der Waals surface area contributed by atoms with Gasteiger partial charge in [-0.05, 0) is 23.7 Å². The summed E-state index contributed by atoms with van der Waals surface area (Å²) in [7, 11) is 0. The fourth-order valence-electron chi connectivity index (χ4n) is 1.02. The minimum atomic E-state index is -4.68. The second-order valence-electron chi connectivity index (χ2n) is 3.28. The number of rotatable bonds is 2. The van der Waals surface area contributed by atoms with E-state index in [-0.39, 0.29) is 0 Å². The van der Waals surface area contributed by atoms with E-state index in [1.165, 1.54) is 0 Å². The summed E-state index contributed by atoms with van der Waals surface area (Å²) in [4.78, 5) is 3.13. The van der Waals surface area contributed by atoms with Crippen LogP contribution in [0.1, 0.15) is 5.56 Å². The average molecular weight is 341 g/mol. The van der Waals surface area contributed by atoms with E-state index in [0.29, 0.717) is 12.1 Å². The largest absolute Gasteiger partial charge is 0.416 e. The molecule has 0 saturated heterocycles. The van der Waals surface area contributed by atoms with Gasteiger partial charge in [0, 0.05) is 0 Å². The van der Waals surface area contributed by atoms with E-state index >= 15 is 0 Å². The molecule has 0 unspecified atom stereocenters. The van der Waals surface area contributed by atoms with Gasteiger partial charge in [-0.2, -0.15) is 22.0 Å². The minimum Gasteiger partial charge on any atom is -0.381 e. The van der Waals surface area contributed by atoms with Crippen LogP contribution in [0.2, 0.25) is 10.0 Å². The number of halogens is 8. The summed E-state index contributed by atoms with van der Waals surface area (Å²) in [6.07, 6.45) is -4.68. The molecule has 106 valence electrons. The van der Waals surface area contributed by atoms with Crippen molar-refractivity contribution in [1.82, 2.24) is 0 Å². The Kier molecular flexibility index (Phi) is 4.54. The normalized spacial score (nSPS) is 13.8. The van der Waals surface area contributed by atoms with E-state index in [4.69, 9.17) is 28.9 Å². The first kappa shape index (κ1) is 16.3. The zero-order valence-electron chi connectivity index (χ0n) is 8.70. The van der Waals surface area contributed by atoms with E-state index < -0.39 is 38.7 Å². The third kappa shape index (κ3) is 4.09. The lowest BCUT2D eigenvalue weighted by Crippen LogP contribution is -2.29. The Labute approximate surface area is 118 Å². The minimum absolute atomic E-state index is 0.492. The van der Waals surface area contributed by atoms with Gasteiger partial charge in [0.2, 0.25) is 0 Å². The monoisotopic (exact) mass is 340 g/mol. The van der Waals surface area contributed by atoms with Crippen molar-refractivity contribution >= 4 is 46.3 Å². The zero-order chi connectivity index (χ0) is 15.0. The molecule has 0 radical (unpaired) electrons. The van der Waals surface area contributed by atoms with Crippen LogP contribution in [0.4, 0.5) is 27.6 Å². The Morgan fingerprint density at radius 3 is 1.79 bits per heavy atom. The van der Waals surface area contributed by atoms with Crippen molar-refractivity contribution in [2.24, 2.45) is 10.7 Å². The summed E-state index contributed by atoms with van der Waals surface area (Å²) in [5.41, 5.74) is 3.21. The summed E-state index contributed by atoms with van der Waals surface area (Å²) in [5.74, 6) is -1.34. The average Bonchev–Trinajstić information content (AvgIpc) is 2.19. The maximum absolute atomic E-state index is 12.6. The zero-order valence-corrected chi connectivity index (χ0v) is 11.0. The lowest BCUT2D eigenvalue weighted by atomic mass is 10.2. The number of benzene rings is 1. The third-order valence-corrected chi connectivity index (χ3v) is 2.64. The molecule has 0 aliphatic heterocycles. The summed E-state index contributed by atoms with van der Waals surface area (Å²) < 4.78 is 62.4. The van der Waals surface area contributed by atoms with Crippen molar-refractivity contribution in [3.05, 3.63) is 27.7 Å². The second kappa shape index (κ2) is 5.30. The van der Waals surface area contributed by atoms with Gasteiger partial charge in [0.25, 0.3) is 0 Å². The molecule has 0 aliphatic carbocycles. The first-order valence-electron chi connectivity index (χ1n) is 4.40. The molecular weight excluding hydrogens is 337 g/mol. The molecule has 0 aliphatic rings. The van der Waals surface area contributed by atoms with Gasteiger partial charge in [0.1, 0.15) is 5.69 Å². The van der Waals surface area contributed by atoms with Crippen molar-refractivity contribution in [2.75, 3.05) is 0 Å². The van der Waals surface area contributed by atoms with Crippen LogP contribution < -0.4 is 5.73 Å². The molecule has 0 atom stereocenters. The molecule has 0 fully saturated rings. The van der Waals surface area contributed by atoms with Crippen molar-refractivity contribution in [3.63, 3.8) is 0 Å². The van der Waals surface area contributed by atoms with Gasteiger partial charge in [0.05, 0.1) is 15.6 Å². The van der Waals surface area contributed by atoms with Crippen LogP contribution >= 0.6 is 34.8 Å². The lowest BCUT2D eigenvalue weighted by molar-refractivity contribution is -0.137. The second-order valence-corrected chi connectivity index (χ2v) is 4.57. The standard InChI is InChI=1S/C9H4Cl3F5N2/c10-4-1-3(9(15,16)17)2-5(11)6(4)19-7(18)8(12,13)14/h1-2H,(H2,18,19). The quantitative estimate of drug-likeness (QED) is 0.356. The van der Waals surface area contributed by atoms with E-state index in [2.05, 4.69) is 16.6 Å². The van der Waals surface area contributed by atoms with Gasteiger partial charge in [-0.1, -0.05) is 23.2 Å². The molecule has 19 heavy (non-hydrogen) atoms.